The van der Waals surface area contributed by atoms with Crippen LogP contribution in [-0.2, 0) is 6.61 Å². The first-order valence-electron chi connectivity index (χ1n) is 6.17. The van der Waals surface area contributed by atoms with E-state index in [0.717, 1.165) is 21.3 Å². The molecule has 104 valence electrons. The highest BCUT2D eigenvalue weighted by Gasteiger charge is 2.13. The molecule has 0 atom stereocenters. The van der Waals surface area contributed by atoms with E-state index in [2.05, 4.69) is 20.9 Å². The first-order valence-corrected chi connectivity index (χ1v) is 6.96. The molecule has 0 aliphatic heterocycles. The Morgan fingerprint density at radius 3 is 2.55 bits per heavy atom. The zero-order valence-corrected chi connectivity index (χ0v) is 13.0. The molecule has 20 heavy (non-hydrogen) atoms. The molecule has 0 fully saturated rings. The minimum atomic E-state index is -0.0270. The minimum Gasteiger partial charge on any atom is -0.472 e. The summed E-state index contributed by atoms with van der Waals surface area (Å²) in [5, 5.41) is 7.65. The van der Waals surface area contributed by atoms with Crippen molar-refractivity contribution in [2.24, 2.45) is 5.73 Å². The minimum absolute atomic E-state index is 0.0270. The van der Waals surface area contributed by atoms with Crippen LogP contribution in [0.15, 0.2) is 34.8 Å². The predicted octanol–water partition coefficient (Wildman–Crippen LogP) is 3.32. The van der Waals surface area contributed by atoms with Gasteiger partial charge in [-0.15, -0.1) is 0 Å². The number of benzene rings is 1. The van der Waals surface area contributed by atoms with Gasteiger partial charge in [-0.25, -0.2) is 4.98 Å². The molecule has 1 heterocycles. The van der Waals surface area contributed by atoms with E-state index >= 15 is 0 Å². The number of halogens is 1. The molecule has 2 rings (SSSR count). The second-order valence-electron chi connectivity index (χ2n) is 4.59. The van der Waals surface area contributed by atoms with Crippen LogP contribution in [0.3, 0.4) is 0 Å². The lowest BCUT2D eigenvalue weighted by molar-refractivity contribution is 0.292. The first kappa shape index (κ1) is 14.5. The summed E-state index contributed by atoms with van der Waals surface area (Å²) in [6.45, 7) is 4.19. The summed E-state index contributed by atoms with van der Waals surface area (Å²) in [5.41, 5.74) is 8.95. The third kappa shape index (κ3) is 3.36. The van der Waals surface area contributed by atoms with Crippen molar-refractivity contribution in [1.29, 1.82) is 5.41 Å². The summed E-state index contributed by atoms with van der Waals surface area (Å²) in [5.74, 6) is 0.388. The molecule has 0 radical (unpaired) electrons. The van der Waals surface area contributed by atoms with Gasteiger partial charge < -0.3 is 10.5 Å². The predicted molar refractivity (Wildman–Crippen MR) is 83.2 cm³/mol. The smallest absolute Gasteiger partial charge is 0.225 e. The average Bonchev–Trinajstić information content (AvgIpc) is 2.36. The average molecular weight is 334 g/mol. The molecule has 0 spiro atoms. The van der Waals surface area contributed by atoms with E-state index in [1.165, 1.54) is 0 Å². The largest absolute Gasteiger partial charge is 0.472 e. The molecule has 1 aromatic carbocycles. The Morgan fingerprint density at radius 2 is 1.95 bits per heavy atom. The Balaban J connectivity index is 2.24. The maximum absolute atomic E-state index is 7.65. The molecule has 0 unspecified atom stereocenters. The first-order chi connectivity index (χ1) is 9.47. The molecule has 4 nitrogen and oxygen atoms in total. The van der Waals surface area contributed by atoms with Crippen molar-refractivity contribution in [3.8, 4) is 5.88 Å². The molecule has 1 aromatic heterocycles. The second kappa shape index (κ2) is 6.05. The van der Waals surface area contributed by atoms with Gasteiger partial charge in [0.05, 0.1) is 5.56 Å². The van der Waals surface area contributed by atoms with Crippen molar-refractivity contribution in [2.75, 3.05) is 0 Å². The highest BCUT2D eigenvalue weighted by Crippen LogP contribution is 2.21. The molecule has 3 N–H and O–H groups in total. The fourth-order valence-corrected chi connectivity index (χ4v) is 2.23. The van der Waals surface area contributed by atoms with Gasteiger partial charge in [0.1, 0.15) is 12.4 Å². The van der Waals surface area contributed by atoms with E-state index in [1.54, 1.807) is 0 Å². The Morgan fingerprint density at radius 1 is 1.30 bits per heavy atom. The second-order valence-corrected chi connectivity index (χ2v) is 5.51. The fraction of sp³-hybridized carbons (Fsp3) is 0.200. The number of nitrogens with two attached hydrogens (primary N) is 1. The number of aromatic nitrogens is 1. The van der Waals surface area contributed by atoms with Crippen molar-refractivity contribution >= 4 is 21.8 Å². The van der Waals surface area contributed by atoms with Gasteiger partial charge >= 0.3 is 0 Å². The van der Waals surface area contributed by atoms with Crippen LogP contribution in [0.2, 0.25) is 0 Å². The van der Waals surface area contributed by atoms with Gasteiger partial charge in [0, 0.05) is 10.2 Å². The van der Waals surface area contributed by atoms with E-state index in [1.807, 2.05) is 44.2 Å². The molecule has 0 aliphatic rings. The third-order valence-corrected chi connectivity index (χ3v) is 3.40. The maximum atomic E-state index is 7.65. The standard InChI is InChI=1S/C15H16BrN3O/c1-9-7-10(2)19-15(13(9)14(17)18)20-8-11-3-5-12(16)6-4-11/h3-7H,8H2,1-2H3,(H3,17,18). The Kier molecular flexibility index (Phi) is 4.39. The van der Waals surface area contributed by atoms with Gasteiger partial charge in [-0.05, 0) is 43.2 Å². The van der Waals surface area contributed by atoms with Crippen molar-refractivity contribution in [1.82, 2.24) is 4.98 Å². The summed E-state index contributed by atoms with van der Waals surface area (Å²) >= 11 is 3.39. The summed E-state index contributed by atoms with van der Waals surface area (Å²) in [7, 11) is 0. The van der Waals surface area contributed by atoms with E-state index < -0.39 is 0 Å². The highest BCUT2D eigenvalue weighted by atomic mass is 79.9. The topological polar surface area (TPSA) is 72.0 Å². The number of hydrogen-bond donors (Lipinski definition) is 2. The van der Waals surface area contributed by atoms with Gasteiger partial charge in [0.25, 0.3) is 0 Å². The van der Waals surface area contributed by atoms with Crippen molar-refractivity contribution in [3.05, 3.63) is 57.2 Å². The number of nitrogens with one attached hydrogen (secondary N) is 1. The molecule has 0 amide bonds. The van der Waals surface area contributed by atoms with E-state index in [0.29, 0.717) is 18.1 Å². The van der Waals surface area contributed by atoms with Gasteiger partial charge in [0.15, 0.2) is 0 Å². The Labute approximate surface area is 126 Å². The number of amidine groups is 1. The lowest BCUT2D eigenvalue weighted by Gasteiger charge is -2.13. The van der Waals surface area contributed by atoms with Gasteiger partial charge in [-0.1, -0.05) is 28.1 Å². The number of nitrogen functional groups attached to an aromatic ring is 1. The molecule has 0 saturated heterocycles. The molecule has 0 saturated carbocycles. The van der Waals surface area contributed by atoms with Crippen LogP contribution in [0.5, 0.6) is 5.88 Å². The summed E-state index contributed by atoms with van der Waals surface area (Å²) < 4.78 is 6.76. The van der Waals surface area contributed by atoms with Crippen LogP contribution >= 0.6 is 15.9 Å². The van der Waals surface area contributed by atoms with Gasteiger partial charge in [-0.3, -0.25) is 5.41 Å². The van der Waals surface area contributed by atoms with Crippen molar-refractivity contribution in [2.45, 2.75) is 20.5 Å². The molecule has 5 heteroatoms. The Hall–Kier alpha value is -1.88. The summed E-state index contributed by atoms with van der Waals surface area (Å²) in [4.78, 5) is 4.34. The molecular formula is C15H16BrN3O. The van der Waals surface area contributed by atoms with Crippen LogP contribution in [0.1, 0.15) is 22.4 Å². The van der Waals surface area contributed by atoms with Crippen LogP contribution in [0.25, 0.3) is 0 Å². The van der Waals surface area contributed by atoms with Gasteiger partial charge in [0.2, 0.25) is 5.88 Å². The zero-order chi connectivity index (χ0) is 14.7. The summed E-state index contributed by atoms with van der Waals surface area (Å²) in [6, 6.07) is 9.75. The fourth-order valence-electron chi connectivity index (χ4n) is 1.97. The van der Waals surface area contributed by atoms with Crippen LogP contribution in [-0.4, -0.2) is 10.8 Å². The maximum Gasteiger partial charge on any atom is 0.225 e. The quantitative estimate of drug-likeness (QED) is 0.665. The Bertz CT molecular complexity index is 638. The molecule has 0 aliphatic carbocycles. The van der Waals surface area contributed by atoms with E-state index in [9.17, 15) is 0 Å². The van der Waals surface area contributed by atoms with Crippen molar-refractivity contribution < 1.29 is 4.74 Å². The SMILES string of the molecule is Cc1cc(C)c(C(=N)N)c(OCc2ccc(Br)cc2)n1. The van der Waals surface area contributed by atoms with Crippen LogP contribution in [0.4, 0.5) is 0 Å². The van der Waals surface area contributed by atoms with Crippen LogP contribution < -0.4 is 10.5 Å². The number of aryl methyl sites for hydroxylation is 2. The van der Waals surface area contributed by atoms with Crippen molar-refractivity contribution in [3.63, 3.8) is 0 Å². The number of rotatable bonds is 4. The molecular weight excluding hydrogens is 318 g/mol. The van der Waals surface area contributed by atoms with Gasteiger partial charge in [-0.2, -0.15) is 0 Å². The van der Waals surface area contributed by atoms with Crippen LogP contribution in [0, 0.1) is 19.3 Å². The number of hydrogen-bond acceptors (Lipinski definition) is 3. The number of nitrogens with zero attached hydrogens (tertiary/aromatic N) is 1. The number of ether oxygens (including phenoxy) is 1. The third-order valence-electron chi connectivity index (χ3n) is 2.87. The van der Waals surface area contributed by atoms with E-state index in [-0.39, 0.29) is 5.84 Å². The normalized spacial score (nSPS) is 10.3. The lowest BCUT2D eigenvalue weighted by Crippen LogP contribution is -2.16. The lowest BCUT2D eigenvalue weighted by atomic mass is 10.1. The monoisotopic (exact) mass is 333 g/mol. The summed E-state index contributed by atoms with van der Waals surface area (Å²) in [6.07, 6.45) is 0. The van der Waals surface area contributed by atoms with E-state index in [4.69, 9.17) is 15.9 Å². The number of pyridine rings is 1. The zero-order valence-electron chi connectivity index (χ0n) is 11.4. The highest BCUT2D eigenvalue weighted by molar-refractivity contribution is 9.10. The molecule has 0 bridgehead atoms. The molecule has 2 aromatic rings.